The number of thioether (sulfide) groups is 1. The topological polar surface area (TPSA) is 66.9 Å². The van der Waals surface area contributed by atoms with Crippen LogP contribution in [0.5, 0.6) is 0 Å². The minimum atomic E-state index is -0.633. The monoisotopic (exact) mass is 416 g/mol. The van der Waals surface area contributed by atoms with Gasteiger partial charge >= 0.3 is 5.97 Å². The molecule has 3 heterocycles. The molecule has 0 N–H and O–H groups in total. The highest BCUT2D eigenvalue weighted by molar-refractivity contribution is 8.00. The van der Waals surface area contributed by atoms with Crippen LogP contribution >= 0.6 is 11.8 Å². The van der Waals surface area contributed by atoms with Crippen molar-refractivity contribution in [1.82, 2.24) is 9.80 Å². The van der Waals surface area contributed by atoms with Gasteiger partial charge in [-0.1, -0.05) is 37.3 Å². The van der Waals surface area contributed by atoms with Gasteiger partial charge in [0.2, 0.25) is 5.91 Å². The maximum atomic E-state index is 12.8. The zero-order chi connectivity index (χ0) is 20.4. The van der Waals surface area contributed by atoms with E-state index in [2.05, 4.69) is 6.92 Å². The van der Waals surface area contributed by atoms with Crippen molar-refractivity contribution < 1.29 is 19.1 Å². The fourth-order valence-corrected chi connectivity index (χ4v) is 6.52. The van der Waals surface area contributed by atoms with Crippen LogP contribution in [0.15, 0.2) is 30.3 Å². The highest BCUT2D eigenvalue weighted by Crippen LogP contribution is 2.54. The zero-order valence-corrected chi connectivity index (χ0v) is 17.7. The number of nitrogens with zero attached hydrogens (tertiary/aromatic N) is 2. The molecule has 6 nitrogen and oxygen atoms in total. The number of amides is 2. The lowest BCUT2D eigenvalue weighted by atomic mass is 10.00. The van der Waals surface area contributed by atoms with Gasteiger partial charge in [0.25, 0.3) is 5.91 Å². The van der Waals surface area contributed by atoms with Crippen molar-refractivity contribution in [2.24, 2.45) is 0 Å². The highest BCUT2D eigenvalue weighted by Gasteiger charge is 2.57. The van der Waals surface area contributed by atoms with Crippen molar-refractivity contribution in [2.75, 3.05) is 18.9 Å². The largest absolute Gasteiger partial charge is 0.454 e. The Labute approximate surface area is 175 Å². The second-order valence-corrected chi connectivity index (χ2v) is 9.29. The minimum Gasteiger partial charge on any atom is -0.454 e. The molecule has 1 aromatic carbocycles. The molecule has 0 radical (unpaired) electrons. The number of ether oxygens (including phenoxy) is 1. The number of fused-ring (bicyclic) bond motifs is 1. The molecule has 0 aromatic heterocycles. The van der Waals surface area contributed by atoms with E-state index in [9.17, 15) is 14.4 Å². The fourth-order valence-electron chi connectivity index (χ4n) is 4.88. The summed E-state index contributed by atoms with van der Waals surface area (Å²) < 4.78 is 5.43. The van der Waals surface area contributed by atoms with E-state index in [-0.39, 0.29) is 24.5 Å². The summed E-state index contributed by atoms with van der Waals surface area (Å²) in [6.45, 7) is 2.58. The Hall–Kier alpha value is -2.02. The van der Waals surface area contributed by atoms with Gasteiger partial charge in [0.15, 0.2) is 6.61 Å². The van der Waals surface area contributed by atoms with E-state index in [1.165, 1.54) is 0 Å². The highest BCUT2D eigenvalue weighted by atomic mass is 32.2. The van der Waals surface area contributed by atoms with Gasteiger partial charge in [-0.25, -0.2) is 4.79 Å². The average molecular weight is 417 g/mol. The van der Waals surface area contributed by atoms with E-state index in [0.717, 1.165) is 37.8 Å². The summed E-state index contributed by atoms with van der Waals surface area (Å²) in [4.78, 5) is 41.2. The number of piperidine rings is 1. The first-order chi connectivity index (χ1) is 14.1. The van der Waals surface area contributed by atoms with Crippen LogP contribution in [-0.2, 0) is 24.0 Å². The van der Waals surface area contributed by atoms with Crippen LogP contribution in [-0.4, -0.2) is 58.6 Å². The lowest BCUT2D eigenvalue weighted by molar-refractivity contribution is -0.159. The number of likely N-dealkylation sites (tertiary alicyclic amines) is 1. The first kappa shape index (κ1) is 20.3. The molecule has 0 unspecified atom stereocenters. The summed E-state index contributed by atoms with van der Waals surface area (Å²) in [5, 5.41) is 0. The van der Waals surface area contributed by atoms with Crippen LogP contribution in [0.1, 0.15) is 51.0 Å². The average Bonchev–Trinajstić information content (AvgIpc) is 3.31. The minimum absolute atomic E-state index is 0.0193. The van der Waals surface area contributed by atoms with Crippen LogP contribution < -0.4 is 0 Å². The van der Waals surface area contributed by atoms with Crippen molar-refractivity contribution in [1.29, 1.82) is 0 Å². The summed E-state index contributed by atoms with van der Waals surface area (Å²) >= 11 is 1.63. The van der Waals surface area contributed by atoms with E-state index in [1.54, 1.807) is 16.7 Å². The summed E-state index contributed by atoms with van der Waals surface area (Å²) in [6, 6.07) is 9.49. The molecular formula is C22H28N2O4S. The number of rotatable bonds is 5. The van der Waals surface area contributed by atoms with Gasteiger partial charge in [-0.3, -0.25) is 9.59 Å². The Morgan fingerprint density at radius 2 is 2.03 bits per heavy atom. The van der Waals surface area contributed by atoms with E-state index in [1.807, 2.05) is 35.2 Å². The summed E-state index contributed by atoms with van der Waals surface area (Å²) in [6.07, 6.45) is 5.18. The molecule has 3 saturated heterocycles. The predicted molar refractivity (Wildman–Crippen MR) is 111 cm³/mol. The molecule has 3 fully saturated rings. The third kappa shape index (κ3) is 3.65. The molecule has 7 heteroatoms. The van der Waals surface area contributed by atoms with Crippen molar-refractivity contribution in [3.05, 3.63) is 35.9 Å². The van der Waals surface area contributed by atoms with Gasteiger partial charge in [0.1, 0.15) is 10.9 Å². The summed E-state index contributed by atoms with van der Waals surface area (Å²) in [5.41, 5.74) is 1.04. The molecule has 0 bridgehead atoms. The van der Waals surface area contributed by atoms with Crippen molar-refractivity contribution in [2.45, 2.75) is 62.4 Å². The van der Waals surface area contributed by atoms with Crippen LogP contribution in [0.25, 0.3) is 0 Å². The maximum absolute atomic E-state index is 12.8. The molecule has 0 saturated carbocycles. The molecule has 29 heavy (non-hydrogen) atoms. The number of carbonyl (C=O) groups excluding carboxylic acids is 3. The van der Waals surface area contributed by atoms with Crippen LogP contribution in [0.4, 0.5) is 0 Å². The number of hydrogen-bond acceptors (Lipinski definition) is 5. The number of benzene rings is 1. The molecular weight excluding hydrogens is 388 g/mol. The quantitative estimate of drug-likeness (QED) is 0.691. The van der Waals surface area contributed by atoms with E-state index >= 15 is 0 Å². The molecule has 4 rings (SSSR count). The lowest BCUT2D eigenvalue weighted by Crippen LogP contribution is -2.48. The molecule has 0 spiro atoms. The van der Waals surface area contributed by atoms with Gasteiger partial charge in [0.05, 0.1) is 0 Å². The van der Waals surface area contributed by atoms with E-state index in [4.69, 9.17) is 4.74 Å². The van der Waals surface area contributed by atoms with Gasteiger partial charge < -0.3 is 14.5 Å². The molecule has 2 amide bonds. The molecule has 3 aliphatic heterocycles. The molecule has 0 aliphatic carbocycles. The smallest absolute Gasteiger partial charge is 0.330 e. The molecule has 3 aliphatic rings. The maximum Gasteiger partial charge on any atom is 0.330 e. The first-order valence-electron chi connectivity index (χ1n) is 10.5. The van der Waals surface area contributed by atoms with E-state index in [0.29, 0.717) is 18.6 Å². The fraction of sp³-hybridized carbons (Fsp3) is 0.591. The summed E-state index contributed by atoms with van der Waals surface area (Å²) in [5.74, 6) is -0.120. The Morgan fingerprint density at radius 3 is 2.79 bits per heavy atom. The van der Waals surface area contributed by atoms with E-state index < -0.39 is 16.9 Å². The van der Waals surface area contributed by atoms with Gasteiger partial charge in [-0.2, -0.15) is 0 Å². The van der Waals surface area contributed by atoms with Crippen molar-refractivity contribution >= 4 is 29.5 Å². The Bertz CT molecular complexity index is 786. The van der Waals surface area contributed by atoms with Crippen LogP contribution in [0.3, 0.4) is 0 Å². The summed E-state index contributed by atoms with van der Waals surface area (Å²) in [7, 11) is 0. The van der Waals surface area contributed by atoms with Crippen molar-refractivity contribution in [3.63, 3.8) is 0 Å². The molecule has 156 valence electrons. The SMILES string of the molecule is CC[C@@H]1CCCCN1C(=O)COC(=O)[C@@H]1CS[C@@]2(c3ccccc3)CCC(=O)N12. The Kier molecular flexibility index (Phi) is 5.86. The van der Waals surface area contributed by atoms with Crippen molar-refractivity contribution in [3.8, 4) is 0 Å². The number of esters is 1. The Balaban J connectivity index is 1.43. The lowest BCUT2D eigenvalue weighted by Gasteiger charge is -2.35. The number of hydrogen-bond donors (Lipinski definition) is 0. The van der Waals surface area contributed by atoms with Gasteiger partial charge in [-0.15, -0.1) is 11.8 Å². The molecule has 3 atom stereocenters. The number of carbonyl (C=O) groups is 3. The second-order valence-electron chi connectivity index (χ2n) is 7.99. The first-order valence-corrected chi connectivity index (χ1v) is 11.5. The Morgan fingerprint density at radius 1 is 1.24 bits per heavy atom. The standard InChI is InChI=1S/C22H28N2O4S/c1-2-17-10-6-7-13-23(17)20(26)14-28-21(27)18-15-29-22(12-11-19(25)24(18)22)16-8-4-3-5-9-16/h3-5,8-9,17-18H,2,6-7,10-15H2,1H3/t17-,18+,22-/m1/s1. The van der Waals surface area contributed by atoms with Crippen LogP contribution in [0, 0.1) is 0 Å². The van der Waals surface area contributed by atoms with Gasteiger partial charge in [0, 0.05) is 24.8 Å². The molecule has 1 aromatic rings. The zero-order valence-electron chi connectivity index (χ0n) is 16.8. The third-order valence-corrected chi connectivity index (χ3v) is 7.98. The predicted octanol–water partition coefficient (Wildman–Crippen LogP) is 2.91. The third-order valence-electron chi connectivity index (χ3n) is 6.38. The second kappa shape index (κ2) is 8.38. The normalized spacial score (nSPS) is 29.1. The van der Waals surface area contributed by atoms with Crippen LogP contribution in [0.2, 0.25) is 0 Å². The van der Waals surface area contributed by atoms with Gasteiger partial charge in [-0.05, 0) is 37.7 Å².